The number of aromatic amines is 1. The molecule has 2 aromatic carbocycles. The fourth-order valence-electron chi connectivity index (χ4n) is 1.78. The normalized spacial score (nSPS) is 10.9. The quantitative estimate of drug-likeness (QED) is 0.737. The minimum Gasteiger partial charge on any atom is -0.324 e. The van der Waals surface area contributed by atoms with Crippen molar-refractivity contribution in [2.75, 3.05) is 5.32 Å². The fraction of sp³-hybridized carbons (Fsp3) is 0. The third-order valence-corrected chi connectivity index (χ3v) is 2.89. The summed E-state index contributed by atoms with van der Waals surface area (Å²) < 4.78 is 27.0. The second-order valence-corrected chi connectivity index (χ2v) is 4.40. The molecule has 0 radical (unpaired) electrons. The summed E-state index contributed by atoms with van der Waals surface area (Å²) in [5.41, 5.74) is 1.10. The number of benzene rings is 2. The number of para-hydroxylation sites is 1. The van der Waals surface area contributed by atoms with Crippen molar-refractivity contribution in [3.63, 3.8) is 0 Å². The minimum atomic E-state index is -0.682. The van der Waals surface area contributed by atoms with Gasteiger partial charge in [0.2, 0.25) is 5.95 Å². The summed E-state index contributed by atoms with van der Waals surface area (Å²) in [6.45, 7) is 0. The molecule has 19 heavy (non-hydrogen) atoms. The van der Waals surface area contributed by atoms with Crippen LogP contribution in [-0.2, 0) is 0 Å². The van der Waals surface area contributed by atoms with Crippen LogP contribution in [0.15, 0.2) is 36.4 Å². The van der Waals surface area contributed by atoms with Crippen LogP contribution in [0.3, 0.4) is 0 Å². The van der Waals surface area contributed by atoms with E-state index < -0.39 is 11.6 Å². The van der Waals surface area contributed by atoms with Crippen LogP contribution in [0.1, 0.15) is 0 Å². The lowest BCUT2D eigenvalue weighted by Gasteiger charge is -2.04. The van der Waals surface area contributed by atoms with Crippen molar-refractivity contribution in [2.24, 2.45) is 0 Å². The van der Waals surface area contributed by atoms with E-state index in [0.717, 1.165) is 0 Å². The van der Waals surface area contributed by atoms with Crippen LogP contribution in [0.5, 0.6) is 0 Å². The maximum absolute atomic E-state index is 13.5. The van der Waals surface area contributed by atoms with E-state index in [9.17, 15) is 8.78 Å². The van der Waals surface area contributed by atoms with Gasteiger partial charge in [-0.05, 0) is 30.3 Å². The van der Waals surface area contributed by atoms with E-state index in [1.807, 2.05) is 0 Å². The van der Waals surface area contributed by atoms with Crippen LogP contribution < -0.4 is 5.32 Å². The van der Waals surface area contributed by atoms with E-state index >= 15 is 0 Å². The average Bonchev–Trinajstić information content (AvgIpc) is 2.75. The molecule has 6 heteroatoms. The van der Waals surface area contributed by atoms with Crippen molar-refractivity contribution < 1.29 is 8.78 Å². The van der Waals surface area contributed by atoms with E-state index in [2.05, 4.69) is 15.3 Å². The standard InChI is InChI=1S/C13H8ClF2N3/c14-7-4-5-10-11(6-7)18-13(17-10)19-12-8(15)2-1-3-9(12)16/h1-6H,(H2,17,18,19). The predicted octanol–water partition coefficient (Wildman–Crippen LogP) is 4.24. The molecular weight excluding hydrogens is 272 g/mol. The van der Waals surface area contributed by atoms with Crippen LogP contribution in [-0.4, -0.2) is 9.97 Å². The number of anilines is 2. The molecule has 0 fully saturated rings. The Morgan fingerprint density at radius 3 is 2.58 bits per heavy atom. The molecule has 96 valence electrons. The molecule has 0 amide bonds. The van der Waals surface area contributed by atoms with Gasteiger partial charge in [0.15, 0.2) is 0 Å². The number of aromatic nitrogens is 2. The van der Waals surface area contributed by atoms with Crippen LogP contribution in [0.25, 0.3) is 11.0 Å². The molecule has 0 aliphatic carbocycles. The number of imidazole rings is 1. The molecule has 2 N–H and O–H groups in total. The number of H-pyrrole nitrogens is 1. The highest BCUT2D eigenvalue weighted by Crippen LogP contribution is 2.24. The lowest BCUT2D eigenvalue weighted by atomic mass is 10.3. The molecular formula is C13H8ClF2N3. The monoisotopic (exact) mass is 279 g/mol. The predicted molar refractivity (Wildman–Crippen MR) is 70.7 cm³/mol. The Morgan fingerprint density at radius 1 is 1.11 bits per heavy atom. The molecule has 0 saturated carbocycles. The maximum Gasteiger partial charge on any atom is 0.205 e. The van der Waals surface area contributed by atoms with E-state index in [1.165, 1.54) is 18.2 Å². The first kappa shape index (κ1) is 11.9. The van der Waals surface area contributed by atoms with Crippen molar-refractivity contribution in [3.8, 4) is 0 Å². The summed E-state index contributed by atoms with van der Waals surface area (Å²) in [5, 5.41) is 3.14. The van der Waals surface area contributed by atoms with Gasteiger partial charge >= 0.3 is 0 Å². The highest BCUT2D eigenvalue weighted by Gasteiger charge is 2.10. The fourth-order valence-corrected chi connectivity index (χ4v) is 1.95. The van der Waals surface area contributed by atoms with Gasteiger partial charge in [-0.2, -0.15) is 0 Å². The van der Waals surface area contributed by atoms with Gasteiger partial charge in [0.1, 0.15) is 17.3 Å². The maximum atomic E-state index is 13.5. The number of fused-ring (bicyclic) bond motifs is 1. The second kappa shape index (κ2) is 4.51. The van der Waals surface area contributed by atoms with Crippen LogP contribution in [0, 0.1) is 11.6 Å². The average molecular weight is 280 g/mol. The Bertz CT molecular complexity index is 734. The lowest BCUT2D eigenvalue weighted by Crippen LogP contribution is -1.98. The molecule has 0 unspecified atom stereocenters. The van der Waals surface area contributed by atoms with E-state index in [1.54, 1.807) is 18.2 Å². The van der Waals surface area contributed by atoms with Gasteiger partial charge in [0.25, 0.3) is 0 Å². The van der Waals surface area contributed by atoms with Crippen molar-refractivity contribution >= 4 is 34.3 Å². The zero-order valence-corrected chi connectivity index (χ0v) is 10.3. The topological polar surface area (TPSA) is 40.7 Å². The summed E-state index contributed by atoms with van der Waals surface area (Å²) >= 11 is 5.85. The number of rotatable bonds is 2. The van der Waals surface area contributed by atoms with Gasteiger partial charge in [-0.25, -0.2) is 13.8 Å². The molecule has 1 aromatic heterocycles. The molecule has 0 aliphatic heterocycles. The van der Waals surface area contributed by atoms with Crippen LogP contribution in [0.4, 0.5) is 20.4 Å². The van der Waals surface area contributed by atoms with Crippen molar-refractivity contribution in [1.82, 2.24) is 9.97 Å². The molecule has 0 saturated heterocycles. The van der Waals surface area contributed by atoms with Crippen LogP contribution >= 0.6 is 11.6 Å². The molecule has 0 aliphatic rings. The number of halogens is 3. The minimum absolute atomic E-state index is 0.243. The van der Waals surface area contributed by atoms with Crippen LogP contribution in [0.2, 0.25) is 5.02 Å². The van der Waals surface area contributed by atoms with Gasteiger partial charge in [-0.3, -0.25) is 0 Å². The summed E-state index contributed by atoms with van der Waals surface area (Å²) in [4.78, 5) is 7.07. The molecule has 0 atom stereocenters. The smallest absolute Gasteiger partial charge is 0.205 e. The summed E-state index contributed by atoms with van der Waals surface area (Å²) in [6.07, 6.45) is 0. The van der Waals surface area contributed by atoms with E-state index in [4.69, 9.17) is 11.6 Å². The third kappa shape index (κ3) is 2.24. The highest BCUT2D eigenvalue weighted by atomic mass is 35.5. The molecule has 3 nitrogen and oxygen atoms in total. The zero-order valence-electron chi connectivity index (χ0n) is 9.55. The molecule has 1 heterocycles. The first-order chi connectivity index (χ1) is 9.13. The Kier molecular flexibility index (Phi) is 2.83. The second-order valence-electron chi connectivity index (χ2n) is 3.97. The lowest BCUT2D eigenvalue weighted by molar-refractivity contribution is 0.590. The van der Waals surface area contributed by atoms with Gasteiger partial charge in [0.05, 0.1) is 11.0 Å². The largest absolute Gasteiger partial charge is 0.324 e. The van der Waals surface area contributed by atoms with Gasteiger partial charge < -0.3 is 10.3 Å². The number of hydrogen-bond acceptors (Lipinski definition) is 2. The number of hydrogen-bond donors (Lipinski definition) is 2. The molecule has 0 spiro atoms. The summed E-state index contributed by atoms with van der Waals surface area (Å²) in [7, 11) is 0. The highest BCUT2D eigenvalue weighted by molar-refractivity contribution is 6.31. The Balaban J connectivity index is 2.01. The Morgan fingerprint density at radius 2 is 1.84 bits per heavy atom. The van der Waals surface area contributed by atoms with Gasteiger partial charge in [-0.15, -0.1) is 0 Å². The van der Waals surface area contributed by atoms with E-state index in [0.29, 0.717) is 16.1 Å². The molecule has 3 rings (SSSR count). The van der Waals surface area contributed by atoms with Crippen molar-refractivity contribution in [1.29, 1.82) is 0 Å². The number of nitrogens with one attached hydrogen (secondary N) is 2. The summed E-state index contributed by atoms with van der Waals surface area (Å²) in [6, 6.07) is 8.74. The first-order valence-corrected chi connectivity index (χ1v) is 5.87. The SMILES string of the molecule is Fc1cccc(F)c1Nc1nc2ccc(Cl)cc2[nH]1. The molecule has 3 aromatic rings. The Hall–Kier alpha value is -2.14. The first-order valence-electron chi connectivity index (χ1n) is 5.50. The summed E-state index contributed by atoms with van der Waals surface area (Å²) in [5.74, 6) is -1.11. The number of nitrogens with zero attached hydrogens (tertiary/aromatic N) is 1. The van der Waals surface area contributed by atoms with E-state index in [-0.39, 0.29) is 11.6 Å². The zero-order chi connectivity index (χ0) is 13.4. The van der Waals surface area contributed by atoms with Gasteiger partial charge in [0, 0.05) is 5.02 Å². The Labute approximate surface area is 112 Å². The van der Waals surface area contributed by atoms with Crippen molar-refractivity contribution in [2.45, 2.75) is 0 Å². The van der Waals surface area contributed by atoms with Crippen molar-refractivity contribution in [3.05, 3.63) is 53.1 Å². The molecule has 0 bridgehead atoms. The third-order valence-electron chi connectivity index (χ3n) is 2.65. The van der Waals surface area contributed by atoms with Gasteiger partial charge in [-0.1, -0.05) is 17.7 Å².